The number of fused-ring (bicyclic) bond motifs is 1. The van der Waals surface area contributed by atoms with Gasteiger partial charge >= 0.3 is 0 Å². The summed E-state index contributed by atoms with van der Waals surface area (Å²) in [5, 5.41) is 21.2. The van der Waals surface area contributed by atoms with Crippen LogP contribution in [0, 0.1) is 10.1 Å². The standard InChI is InChI=1S/C20H15BrN4O3/c21-17-5-3-16-10-20(8-4-15(16)9-17)28-13-18-12-24(23-22-18)11-14-1-6-19(7-2-14)25(26)27/h1-10,12H,11,13H2. The zero-order chi connectivity index (χ0) is 19.5. The maximum Gasteiger partial charge on any atom is 0.269 e. The summed E-state index contributed by atoms with van der Waals surface area (Å²) in [5.74, 6) is 0.764. The molecule has 0 aliphatic rings. The minimum absolute atomic E-state index is 0.0687. The molecule has 140 valence electrons. The van der Waals surface area contributed by atoms with Crippen molar-refractivity contribution >= 4 is 32.4 Å². The van der Waals surface area contributed by atoms with Gasteiger partial charge in [0.2, 0.25) is 0 Å². The van der Waals surface area contributed by atoms with Crippen LogP contribution in [0.1, 0.15) is 11.3 Å². The first kappa shape index (κ1) is 18.1. The Labute approximate surface area is 168 Å². The van der Waals surface area contributed by atoms with E-state index in [-0.39, 0.29) is 5.69 Å². The third-order valence-electron chi connectivity index (χ3n) is 4.24. The van der Waals surface area contributed by atoms with Crippen molar-refractivity contribution in [3.63, 3.8) is 0 Å². The number of hydrogen-bond acceptors (Lipinski definition) is 5. The molecular weight excluding hydrogens is 424 g/mol. The Hall–Kier alpha value is -3.26. The average Bonchev–Trinajstić information content (AvgIpc) is 3.14. The molecule has 0 aliphatic heterocycles. The molecule has 4 aromatic rings. The zero-order valence-corrected chi connectivity index (χ0v) is 16.2. The van der Waals surface area contributed by atoms with Gasteiger partial charge in [0.25, 0.3) is 5.69 Å². The van der Waals surface area contributed by atoms with Crippen LogP contribution in [0.2, 0.25) is 0 Å². The van der Waals surface area contributed by atoms with Crippen LogP contribution in [0.5, 0.6) is 5.75 Å². The van der Waals surface area contributed by atoms with Crippen LogP contribution in [0.15, 0.2) is 71.3 Å². The van der Waals surface area contributed by atoms with Crippen LogP contribution in [0.25, 0.3) is 10.8 Å². The van der Waals surface area contributed by atoms with E-state index in [1.807, 2.05) is 30.3 Å². The first-order valence-corrected chi connectivity index (χ1v) is 9.30. The molecule has 0 saturated carbocycles. The second kappa shape index (κ2) is 7.77. The van der Waals surface area contributed by atoms with Gasteiger partial charge in [-0.25, -0.2) is 4.68 Å². The molecule has 0 bridgehead atoms. The third-order valence-corrected chi connectivity index (χ3v) is 4.73. The van der Waals surface area contributed by atoms with Gasteiger partial charge in [0.15, 0.2) is 0 Å². The van der Waals surface area contributed by atoms with Crippen LogP contribution in [-0.4, -0.2) is 19.9 Å². The number of rotatable bonds is 6. The lowest BCUT2D eigenvalue weighted by molar-refractivity contribution is -0.384. The van der Waals surface area contributed by atoms with Crippen LogP contribution in [0.4, 0.5) is 5.69 Å². The van der Waals surface area contributed by atoms with Crippen LogP contribution >= 0.6 is 15.9 Å². The first-order valence-electron chi connectivity index (χ1n) is 8.51. The molecule has 0 unspecified atom stereocenters. The molecule has 0 aliphatic carbocycles. The van der Waals surface area contributed by atoms with Gasteiger partial charge < -0.3 is 4.74 Å². The van der Waals surface area contributed by atoms with E-state index in [0.29, 0.717) is 18.8 Å². The molecule has 3 aromatic carbocycles. The van der Waals surface area contributed by atoms with Crippen molar-refractivity contribution in [1.29, 1.82) is 0 Å². The minimum atomic E-state index is -0.416. The molecule has 0 N–H and O–H groups in total. The molecule has 0 spiro atoms. The summed E-state index contributed by atoms with van der Waals surface area (Å²) in [6.07, 6.45) is 1.81. The van der Waals surface area contributed by atoms with Crippen molar-refractivity contribution in [2.75, 3.05) is 0 Å². The largest absolute Gasteiger partial charge is 0.487 e. The summed E-state index contributed by atoms with van der Waals surface area (Å²) in [4.78, 5) is 10.3. The lowest BCUT2D eigenvalue weighted by Crippen LogP contribution is -2.00. The van der Waals surface area contributed by atoms with Gasteiger partial charge in [-0.1, -0.05) is 45.4 Å². The van der Waals surface area contributed by atoms with Crippen LogP contribution in [-0.2, 0) is 13.2 Å². The van der Waals surface area contributed by atoms with E-state index in [1.54, 1.807) is 23.0 Å². The average molecular weight is 439 g/mol. The first-order chi connectivity index (χ1) is 13.6. The van der Waals surface area contributed by atoms with Crippen molar-refractivity contribution in [3.05, 3.63) is 92.7 Å². The van der Waals surface area contributed by atoms with E-state index >= 15 is 0 Å². The zero-order valence-electron chi connectivity index (χ0n) is 14.7. The van der Waals surface area contributed by atoms with E-state index in [4.69, 9.17) is 4.74 Å². The summed E-state index contributed by atoms with van der Waals surface area (Å²) in [7, 11) is 0. The highest BCUT2D eigenvalue weighted by atomic mass is 79.9. The summed E-state index contributed by atoms with van der Waals surface area (Å²) < 4.78 is 8.55. The van der Waals surface area contributed by atoms with E-state index in [2.05, 4.69) is 32.3 Å². The summed E-state index contributed by atoms with van der Waals surface area (Å²) in [5.41, 5.74) is 1.68. The lowest BCUT2D eigenvalue weighted by atomic mass is 10.1. The molecular formula is C20H15BrN4O3. The number of ether oxygens (including phenoxy) is 1. The monoisotopic (exact) mass is 438 g/mol. The summed E-state index contributed by atoms with van der Waals surface area (Å²) in [6.45, 7) is 0.790. The Morgan fingerprint density at radius 1 is 1.04 bits per heavy atom. The third kappa shape index (κ3) is 4.17. The van der Waals surface area contributed by atoms with Gasteiger partial charge in [-0.15, -0.1) is 5.10 Å². The molecule has 1 heterocycles. The highest BCUT2D eigenvalue weighted by Crippen LogP contribution is 2.24. The molecule has 0 atom stereocenters. The number of halogens is 1. The Morgan fingerprint density at radius 3 is 2.57 bits per heavy atom. The SMILES string of the molecule is O=[N+]([O-])c1ccc(Cn2cc(COc3ccc4cc(Br)ccc4c3)nn2)cc1. The van der Waals surface area contributed by atoms with Gasteiger partial charge in [0.1, 0.15) is 18.1 Å². The molecule has 0 saturated heterocycles. The van der Waals surface area contributed by atoms with Crippen molar-refractivity contribution < 1.29 is 9.66 Å². The maximum atomic E-state index is 10.7. The van der Waals surface area contributed by atoms with Gasteiger partial charge in [-0.2, -0.15) is 0 Å². The van der Waals surface area contributed by atoms with Gasteiger partial charge in [-0.05, 0) is 40.6 Å². The Balaban J connectivity index is 1.39. The van der Waals surface area contributed by atoms with Crippen LogP contribution < -0.4 is 4.74 Å². The minimum Gasteiger partial charge on any atom is -0.487 e. The van der Waals surface area contributed by atoms with Crippen LogP contribution in [0.3, 0.4) is 0 Å². The predicted octanol–water partition coefficient (Wildman–Crippen LogP) is 4.73. The van der Waals surface area contributed by atoms with Crippen molar-refractivity contribution in [3.8, 4) is 5.75 Å². The number of benzene rings is 3. The van der Waals surface area contributed by atoms with E-state index in [0.717, 1.165) is 26.6 Å². The van der Waals surface area contributed by atoms with E-state index in [9.17, 15) is 10.1 Å². The Bertz CT molecular complexity index is 1140. The number of non-ortho nitro benzene ring substituents is 1. The van der Waals surface area contributed by atoms with Gasteiger partial charge in [0.05, 0.1) is 17.7 Å². The molecule has 7 nitrogen and oxygen atoms in total. The number of aromatic nitrogens is 3. The van der Waals surface area contributed by atoms with Gasteiger partial charge in [-0.3, -0.25) is 10.1 Å². The highest BCUT2D eigenvalue weighted by Gasteiger charge is 2.07. The maximum absolute atomic E-state index is 10.7. The Morgan fingerprint density at radius 2 is 1.79 bits per heavy atom. The molecule has 1 aromatic heterocycles. The highest BCUT2D eigenvalue weighted by molar-refractivity contribution is 9.10. The van der Waals surface area contributed by atoms with Gasteiger partial charge in [0, 0.05) is 16.6 Å². The van der Waals surface area contributed by atoms with Crippen molar-refractivity contribution in [2.45, 2.75) is 13.2 Å². The molecule has 28 heavy (non-hydrogen) atoms. The number of nitro groups is 1. The second-order valence-electron chi connectivity index (χ2n) is 6.27. The number of nitro benzene ring substituents is 1. The van der Waals surface area contributed by atoms with E-state index in [1.165, 1.54) is 12.1 Å². The molecule has 0 radical (unpaired) electrons. The topological polar surface area (TPSA) is 83.1 Å². The fourth-order valence-corrected chi connectivity index (χ4v) is 3.21. The second-order valence-corrected chi connectivity index (χ2v) is 7.19. The lowest BCUT2D eigenvalue weighted by Gasteiger charge is -2.06. The van der Waals surface area contributed by atoms with Crippen molar-refractivity contribution in [2.24, 2.45) is 0 Å². The Kier molecular flexibility index (Phi) is 5.03. The molecule has 0 fully saturated rings. The number of hydrogen-bond donors (Lipinski definition) is 0. The fraction of sp³-hybridized carbons (Fsp3) is 0.100. The van der Waals surface area contributed by atoms with E-state index < -0.39 is 4.92 Å². The summed E-state index contributed by atoms with van der Waals surface area (Å²) in [6, 6.07) is 18.4. The summed E-state index contributed by atoms with van der Waals surface area (Å²) >= 11 is 3.47. The smallest absolute Gasteiger partial charge is 0.269 e. The molecule has 4 rings (SSSR count). The predicted molar refractivity (Wildman–Crippen MR) is 108 cm³/mol. The molecule has 8 heteroatoms. The quantitative estimate of drug-likeness (QED) is 0.321. The fourth-order valence-electron chi connectivity index (χ4n) is 2.83. The number of nitrogens with zero attached hydrogens (tertiary/aromatic N) is 4. The normalized spacial score (nSPS) is 10.9. The molecule has 0 amide bonds. The van der Waals surface area contributed by atoms with Crippen molar-refractivity contribution in [1.82, 2.24) is 15.0 Å².